The molecule has 1 fully saturated rings. The Morgan fingerprint density at radius 2 is 1.75 bits per heavy atom. The molecular formula is C13H17F2NO3S. The summed E-state index contributed by atoms with van der Waals surface area (Å²) in [6.07, 6.45) is 3.23. The molecule has 0 amide bonds. The molecule has 0 aliphatic heterocycles. The Hall–Kier alpha value is -1.05. The van der Waals surface area contributed by atoms with E-state index in [4.69, 9.17) is 0 Å². The fourth-order valence-corrected chi connectivity index (χ4v) is 3.87. The number of halogens is 2. The fourth-order valence-electron chi connectivity index (χ4n) is 2.58. The average molecular weight is 305 g/mol. The van der Waals surface area contributed by atoms with E-state index in [9.17, 15) is 22.3 Å². The van der Waals surface area contributed by atoms with Crippen molar-refractivity contribution in [2.45, 2.75) is 30.6 Å². The molecule has 20 heavy (non-hydrogen) atoms. The van der Waals surface area contributed by atoms with Crippen LogP contribution in [0.15, 0.2) is 23.1 Å². The minimum absolute atomic E-state index is 0.0143. The van der Waals surface area contributed by atoms with Crippen LogP contribution in [0.2, 0.25) is 0 Å². The van der Waals surface area contributed by atoms with Crippen molar-refractivity contribution < 1.29 is 22.3 Å². The number of rotatable bonds is 5. The minimum atomic E-state index is -4.27. The Balaban J connectivity index is 2.20. The van der Waals surface area contributed by atoms with E-state index in [1.165, 1.54) is 0 Å². The molecule has 1 aliphatic rings. The predicted molar refractivity (Wildman–Crippen MR) is 69.5 cm³/mol. The maximum Gasteiger partial charge on any atom is 0.246 e. The van der Waals surface area contributed by atoms with E-state index < -0.39 is 32.0 Å². The number of sulfonamides is 1. The van der Waals surface area contributed by atoms with Crippen molar-refractivity contribution in [3.05, 3.63) is 29.8 Å². The van der Waals surface area contributed by atoms with Crippen LogP contribution in [-0.4, -0.2) is 26.7 Å². The quantitative estimate of drug-likeness (QED) is 0.871. The number of benzene rings is 1. The smallest absolute Gasteiger partial charge is 0.246 e. The highest BCUT2D eigenvalue weighted by molar-refractivity contribution is 7.89. The van der Waals surface area contributed by atoms with Crippen molar-refractivity contribution in [3.63, 3.8) is 0 Å². The zero-order valence-corrected chi connectivity index (χ0v) is 11.7. The number of nitrogens with one attached hydrogen (secondary N) is 1. The van der Waals surface area contributed by atoms with Gasteiger partial charge in [0.05, 0.1) is 0 Å². The standard InChI is InChI=1S/C13H17F2NO3S/c14-10-4-3-5-11(15)12(10)20(18,19)16-8-13(9-17)6-1-2-7-13/h3-5,16-17H,1-2,6-9H2. The summed E-state index contributed by atoms with van der Waals surface area (Å²) in [5.74, 6) is -2.25. The summed E-state index contributed by atoms with van der Waals surface area (Å²) < 4.78 is 53.3. The van der Waals surface area contributed by atoms with Crippen molar-refractivity contribution in [2.24, 2.45) is 5.41 Å². The SMILES string of the molecule is O=S(=O)(NCC1(CO)CCCC1)c1c(F)cccc1F. The molecular weight excluding hydrogens is 288 g/mol. The van der Waals surface area contributed by atoms with Gasteiger partial charge in [0, 0.05) is 18.6 Å². The predicted octanol–water partition coefficient (Wildman–Crippen LogP) is 1.80. The molecule has 7 heteroatoms. The van der Waals surface area contributed by atoms with Gasteiger partial charge in [0.25, 0.3) is 0 Å². The molecule has 0 radical (unpaired) electrons. The molecule has 0 bridgehead atoms. The molecule has 0 spiro atoms. The summed E-state index contributed by atoms with van der Waals surface area (Å²) in [5.41, 5.74) is -0.519. The summed E-state index contributed by atoms with van der Waals surface area (Å²) in [6, 6.07) is 2.90. The first-order valence-electron chi connectivity index (χ1n) is 6.45. The Morgan fingerprint density at radius 1 is 1.20 bits per heavy atom. The number of hydrogen-bond acceptors (Lipinski definition) is 3. The van der Waals surface area contributed by atoms with Gasteiger partial charge in [-0.15, -0.1) is 0 Å². The lowest BCUT2D eigenvalue weighted by Gasteiger charge is -2.26. The molecule has 0 aromatic heterocycles. The summed E-state index contributed by atoms with van der Waals surface area (Å²) in [5, 5.41) is 9.41. The average Bonchev–Trinajstić information content (AvgIpc) is 2.85. The lowest BCUT2D eigenvalue weighted by atomic mass is 9.88. The third-order valence-electron chi connectivity index (χ3n) is 3.82. The van der Waals surface area contributed by atoms with Gasteiger partial charge in [0.1, 0.15) is 11.6 Å². The van der Waals surface area contributed by atoms with Crippen molar-refractivity contribution in [1.29, 1.82) is 0 Å². The second-order valence-electron chi connectivity index (χ2n) is 5.24. The molecule has 112 valence electrons. The van der Waals surface area contributed by atoms with Crippen LogP contribution in [0, 0.1) is 17.0 Å². The molecule has 2 N–H and O–H groups in total. The van der Waals surface area contributed by atoms with Gasteiger partial charge in [0.2, 0.25) is 10.0 Å². The van der Waals surface area contributed by atoms with Gasteiger partial charge in [0.15, 0.2) is 4.90 Å². The van der Waals surface area contributed by atoms with Gasteiger partial charge in [-0.3, -0.25) is 0 Å². The normalized spacial score (nSPS) is 18.4. The van der Waals surface area contributed by atoms with E-state index in [2.05, 4.69) is 4.72 Å². The number of hydrogen-bond donors (Lipinski definition) is 2. The third-order valence-corrected chi connectivity index (χ3v) is 5.28. The Bertz CT molecular complexity index is 563. The highest BCUT2D eigenvalue weighted by Gasteiger charge is 2.35. The monoisotopic (exact) mass is 305 g/mol. The van der Waals surface area contributed by atoms with Gasteiger partial charge in [-0.2, -0.15) is 0 Å². The van der Waals surface area contributed by atoms with Crippen molar-refractivity contribution in [2.75, 3.05) is 13.2 Å². The number of aliphatic hydroxyl groups is 1. The van der Waals surface area contributed by atoms with Gasteiger partial charge in [-0.1, -0.05) is 18.9 Å². The van der Waals surface area contributed by atoms with Gasteiger partial charge in [-0.25, -0.2) is 21.9 Å². The van der Waals surface area contributed by atoms with Crippen molar-refractivity contribution in [3.8, 4) is 0 Å². The lowest BCUT2D eigenvalue weighted by Crippen LogP contribution is -2.38. The Kier molecular flexibility index (Phi) is 4.41. The topological polar surface area (TPSA) is 66.4 Å². The van der Waals surface area contributed by atoms with Crippen LogP contribution in [0.3, 0.4) is 0 Å². The zero-order valence-electron chi connectivity index (χ0n) is 10.9. The van der Waals surface area contributed by atoms with E-state index in [0.29, 0.717) is 12.8 Å². The van der Waals surface area contributed by atoms with Crippen LogP contribution >= 0.6 is 0 Å². The minimum Gasteiger partial charge on any atom is -0.396 e. The Morgan fingerprint density at radius 3 is 2.25 bits per heavy atom. The third kappa shape index (κ3) is 2.99. The van der Waals surface area contributed by atoms with Crippen LogP contribution in [0.5, 0.6) is 0 Å². The van der Waals surface area contributed by atoms with E-state index >= 15 is 0 Å². The first kappa shape index (κ1) is 15.3. The highest BCUT2D eigenvalue weighted by atomic mass is 32.2. The molecule has 1 aliphatic carbocycles. The fraction of sp³-hybridized carbons (Fsp3) is 0.538. The Labute approximate surface area is 116 Å². The van der Waals surface area contributed by atoms with Crippen LogP contribution in [-0.2, 0) is 10.0 Å². The number of aliphatic hydroxyl groups excluding tert-OH is 1. The molecule has 0 saturated heterocycles. The molecule has 0 unspecified atom stereocenters. The van der Waals surface area contributed by atoms with Crippen molar-refractivity contribution >= 4 is 10.0 Å². The van der Waals surface area contributed by atoms with Crippen LogP contribution in [0.4, 0.5) is 8.78 Å². The summed E-state index contributed by atoms with van der Waals surface area (Å²) in [4.78, 5) is -0.967. The molecule has 2 rings (SSSR count). The molecule has 1 saturated carbocycles. The second-order valence-corrected chi connectivity index (χ2v) is 6.94. The highest BCUT2D eigenvalue weighted by Crippen LogP contribution is 2.37. The largest absolute Gasteiger partial charge is 0.396 e. The van der Waals surface area contributed by atoms with Gasteiger partial charge >= 0.3 is 0 Å². The van der Waals surface area contributed by atoms with E-state index in [1.54, 1.807) is 0 Å². The second kappa shape index (κ2) is 5.75. The molecule has 1 aromatic carbocycles. The van der Waals surface area contributed by atoms with Crippen LogP contribution < -0.4 is 4.72 Å². The van der Waals surface area contributed by atoms with E-state index in [1.807, 2.05) is 0 Å². The van der Waals surface area contributed by atoms with E-state index in [-0.39, 0.29) is 13.2 Å². The van der Waals surface area contributed by atoms with Crippen LogP contribution in [0.25, 0.3) is 0 Å². The van der Waals surface area contributed by atoms with Gasteiger partial charge < -0.3 is 5.11 Å². The van der Waals surface area contributed by atoms with Crippen LogP contribution in [0.1, 0.15) is 25.7 Å². The first-order valence-corrected chi connectivity index (χ1v) is 7.93. The summed E-state index contributed by atoms with van der Waals surface area (Å²) in [6.45, 7) is -0.158. The summed E-state index contributed by atoms with van der Waals surface area (Å²) in [7, 11) is -4.27. The molecule has 0 atom stereocenters. The molecule has 1 aromatic rings. The first-order chi connectivity index (χ1) is 9.40. The molecule has 4 nitrogen and oxygen atoms in total. The zero-order chi connectivity index (χ0) is 14.8. The van der Waals surface area contributed by atoms with Crippen molar-refractivity contribution in [1.82, 2.24) is 4.72 Å². The summed E-state index contributed by atoms with van der Waals surface area (Å²) >= 11 is 0. The maximum absolute atomic E-state index is 13.5. The van der Waals surface area contributed by atoms with E-state index in [0.717, 1.165) is 31.0 Å². The maximum atomic E-state index is 13.5. The van der Waals surface area contributed by atoms with Gasteiger partial charge in [-0.05, 0) is 25.0 Å². The lowest BCUT2D eigenvalue weighted by molar-refractivity contribution is 0.134. The molecule has 0 heterocycles.